The highest BCUT2D eigenvalue weighted by molar-refractivity contribution is 6.17. The second-order valence-corrected chi connectivity index (χ2v) is 5.65. The van der Waals surface area contributed by atoms with E-state index in [1.54, 1.807) is 12.1 Å². The van der Waals surface area contributed by atoms with Crippen molar-refractivity contribution in [3.63, 3.8) is 0 Å². The summed E-state index contributed by atoms with van der Waals surface area (Å²) in [7, 11) is 2.92. The highest BCUT2D eigenvalue weighted by Crippen LogP contribution is 2.33. The fourth-order valence-electron chi connectivity index (χ4n) is 2.46. The Hall–Kier alpha value is -3.57. The van der Waals surface area contributed by atoms with Crippen LogP contribution < -0.4 is 31.8 Å². The molecule has 0 spiro atoms. The van der Waals surface area contributed by atoms with E-state index >= 15 is 0 Å². The van der Waals surface area contributed by atoms with Crippen LogP contribution in [-0.4, -0.2) is 55.3 Å². The van der Waals surface area contributed by atoms with E-state index in [-0.39, 0.29) is 41.6 Å². The third-order valence-corrected chi connectivity index (χ3v) is 3.80. The average Bonchev–Trinajstić information content (AvgIpc) is 2.72. The van der Waals surface area contributed by atoms with Gasteiger partial charge >= 0.3 is 0 Å². The SMILES string of the molecule is C=N/C=C(\C=NCN)C(=O)Nc1nc2c(OC)c(OCCN)ccc2c(=O)n1C. The van der Waals surface area contributed by atoms with Gasteiger partial charge in [-0.1, -0.05) is 0 Å². The van der Waals surface area contributed by atoms with E-state index in [0.717, 1.165) is 0 Å². The van der Waals surface area contributed by atoms with Gasteiger partial charge in [0, 0.05) is 26.0 Å². The minimum atomic E-state index is -0.592. The van der Waals surface area contributed by atoms with Crippen molar-refractivity contribution < 1.29 is 14.3 Å². The number of carbonyl (C=O) groups is 1. The first-order valence-electron chi connectivity index (χ1n) is 8.56. The topological polar surface area (TPSA) is 159 Å². The maximum Gasteiger partial charge on any atom is 0.262 e. The second kappa shape index (κ2) is 10.1. The fourth-order valence-corrected chi connectivity index (χ4v) is 2.46. The lowest BCUT2D eigenvalue weighted by molar-refractivity contribution is -0.112. The Morgan fingerprint density at radius 1 is 1.41 bits per heavy atom. The summed E-state index contributed by atoms with van der Waals surface area (Å²) in [5.41, 5.74) is 10.7. The largest absolute Gasteiger partial charge is 0.491 e. The number of hydrogen-bond donors (Lipinski definition) is 3. The molecule has 1 heterocycles. The Morgan fingerprint density at radius 2 is 2.17 bits per heavy atom. The van der Waals surface area contributed by atoms with Crippen molar-refractivity contribution in [2.45, 2.75) is 0 Å². The number of amides is 1. The van der Waals surface area contributed by atoms with Crippen LogP contribution in [0, 0.1) is 0 Å². The molecule has 0 bridgehead atoms. The lowest BCUT2D eigenvalue weighted by Gasteiger charge is -2.15. The molecule has 0 aliphatic carbocycles. The lowest BCUT2D eigenvalue weighted by atomic mass is 10.2. The van der Waals surface area contributed by atoms with Crippen molar-refractivity contribution in [1.82, 2.24) is 9.55 Å². The average molecular weight is 401 g/mol. The monoisotopic (exact) mass is 401 g/mol. The van der Waals surface area contributed by atoms with E-state index < -0.39 is 5.91 Å². The number of rotatable bonds is 9. The first-order valence-corrected chi connectivity index (χ1v) is 8.56. The van der Waals surface area contributed by atoms with Crippen LogP contribution >= 0.6 is 0 Å². The van der Waals surface area contributed by atoms with Gasteiger partial charge in [-0.25, -0.2) is 4.98 Å². The Bertz CT molecular complexity index is 1030. The summed E-state index contributed by atoms with van der Waals surface area (Å²) in [6, 6.07) is 3.18. The predicted octanol–water partition coefficient (Wildman–Crippen LogP) is -0.210. The van der Waals surface area contributed by atoms with Gasteiger partial charge in [-0.15, -0.1) is 0 Å². The number of aromatic nitrogens is 2. The quantitative estimate of drug-likeness (QED) is 0.387. The van der Waals surface area contributed by atoms with Gasteiger partial charge in [0.25, 0.3) is 11.5 Å². The minimum absolute atomic E-state index is 0.00196. The molecule has 5 N–H and O–H groups in total. The number of hydrogen-bond acceptors (Lipinski definition) is 9. The number of nitrogens with one attached hydrogen (secondary N) is 1. The molecule has 154 valence electrons. The number of methoxy groups -OCH3 is 1. The van der Waals surface area contributed by atoms with Gasteiger partial charge < -0.3 is 20.9 Å². The van der Waals surface area contributed by atoms with Crippen molar-refractivity contribution in [2.24, 2.45) is 28.5 Å². The van der Waals surface area contributed by atoms with Crippen LogP contribution in [-0.2, 0) is 11.8 Å². The third-order valence-electron chi connectivity index (χ3n) is 3.80. The highest BCUT2D eigenvalue weighted by atomic mass is 16.5. The molecular weight excluding hydrogens is 378 g/mol. The van der Waals surface area contributed by atoms with Crippen LogP contribution in [0.2, 0.25) is 0 Å². The summed E-state index contributed by atoms with van der Waals surface area (Å²) in [5.74, 6) is 0.0520. The molecule has 1 aromatic carbocycles. The van der Waals surface area contributed by atoms with Gasteiger partial charge in [0.15, 0.2) is 11.5 Å². The van der Waals surface area contributed by atoms with Crippen molar-refractivity contribution in [3.8, 4) is 11.5 Å². The molecule has 11 nitrogen and oxygen atoms in total. The van der Waals surface area contributed by atoms with E-state index in [1.807, 2.05) is 0 Å². The first kappa shape index (κ1) is 21.7. The molecule has 2 rings (SSSR count). The molecule has 1 aromatic heterocycles. The summed E-state index contributed by atoms with van der Waals surface area (Å²) in [6.07, 6.45) is 2.47. The standard InChI is InChI=1S/C18H23N7O4/c1-21-8-11(9-22-10-20)16(26)24-18-23-14-12(17(27)25(18)2)4-5-13(15(14)28-3)29-7-6-19/h4-5,8-9H,1,6-7,10,19-20H2,2-3H3,(H,23,24,26)/b11-8+,22-9?. The van der Waals surface area contributed by atoms with Gasteiger partial charge in [-0.05, 0) is 18.9 Å². The molecule has 1 amide bonds. The Labute approximate surface area is 166 Å². The molecule has 0 aliphatic rings. The molecule has 0 atom stereocenters. The van der Waals surface area contributed by atoms with Gasteiger partial charge in [0.2, 0.25) is 5.95 Å². The lowest BCUT2D eigenvalue weighted by Crippen LogP contribution is -2.26. The van der Waals surface area contributed by atoms with Gasteiger partial charge in [-0.3, -0.25) is 29.5 Å². The predicted molar refractivity (Wildman–Crippen MR) is 112 cm³/mol. The van der Waals surface area contributed by atoms with E-state index in [9.17, 15) is 9.59 Å². The Balaban J connectivity index is 2.56. The smallest absolute Gasteiger partial charge is 0.262 e. The third kappa shape index (κ3) is 4.83. The van der Waals surface area contributed by atoms with Crippen LogP contribution in [0.3, 0.4) is 0 Å². The fraction of sp³-hybridized carbons (Fsp3) is 0.278. The molecule has 2 aromatic rings. The van der Waals surface area contributed by atoms with Crippen molar-refractivity contribution in [1.29, 1.82) is 0 Å². The normalized spacial score (nSPS) is 11.7. The number of ether oxygens (including phenoxy) is 2. The molecule has 29 heavy (non-hydrogen) atoms. The molecule has 0 unspecified atom stereocenters. The summed E-state index contributed by atoms with van der Waals surface area (Å²) < 4.78 is 12.1. The molecule has 0 saturated heterocycles. The first-order chi connectivity index (χ1) is 14.0. The maximum atomic E-state index is 12.8. The molecule has 0 saturated carbocycles. The Kier molecular flexibility index (Phi) is 7.57. The number of aliphatic imine (C=N–C) groups is 2. The van der Waals surface area contributed by atoms with Crippen molar-refractivity contribution >= 4 is 35.7 Å². The Morgan fingerprint density at radius 3 is 2.79 bits per heavy atom. The van der Waals surface area contributed by atoms with Crippen LogP contribution in [0.15, 0.2) is 38.7 Å². The van der Waals surface area contributed by atoms with E-state index in [4.69, 9.17) is 20.9 Å². The number of carbonyl (C=O) groups excluding carboxylic acids is 1. The van der Waals surface area contributed by atoms with E-state index in [0.29, 0.717) is 17.7 Å². The van der Waals surface area contributed by atoms with Crippen LogP contribution in [0.4, 0.5) is 5.95 Å². The zero-order chi connectivity index (χ0) is 21.4. The molecule has 0 fully saturated rings. The highest BCUT2D eigenvalue weighted by Gasteiger charge is 2.18. The maximum absolute atomic E-state index is 12.8. The number of fused-ring (bicyclic) bond motifs is 1. The number of nitrogens with zero attached hydrogens (tertiary/aromatic N) is 4. The summed E-state index contributed by atoms with van der Waals surface area (Å²) in [5, 5.41) is 2.86. The summed E-state index contributed by atoms with van der Waals surface area (Å²) >= 11 is 0. The van der Waals surface area contributed by atoms with Gasteiger partial charge in [0.05, 0.1) is 24.7 Å². The van der Waals surface area contributed by atoms with E-state index in [1.165, 1.54) is 31.1 Å². The summed E-state index contributed by atoms with van der Waals surface area (Å²) in [6.45, 7) is 3.89. The minimum Gasteiger partial charge on any atom is -0.491 e. The summed E-state index contributed by atoms with van der Waals surface area (Å²) in [4.78, 5) is 37.1. The van der Waals surface area contributed by atoms with Crippen LogP contribution in [0.1, 0.15) is 0 Å². The van der Waals surface area contributed by atoms with Gasteiger partial charge in [0.1, 0.15) is 12.1 Å². The van der Waals surface area contributed by atoms with Crippen molar-refractivity contribution in [3.05, 3.63) is 34.3 Å². The zero-order valence-corrected chi connectivity index (χ0v) is 16.2. The number of benzene rings is 1. The van der Waals surface area contributed by atoms with Crippen LogP contribution in [0.5, 0.6) is 11.5 Å². The van der Waals surface area contributed by atoms with Crippen molar-refractivity contribution in [2.75, 3.05) is 32.2 Å². The molecule has 0 aliphatic heterocycles. The molecule has 0 radical (unpaired) electrons. The number of anilines is 1. The molecule has 11 heteroatoms. The van der Waals surface area contributed by atoms with Crippen LogP contribution in [0.25, 0.3) is 10.9 Å². The molecular formula is C18H23N7O4. The number of nitrogens with two attached hydrogens (primary N) is 2. The van der Waals surface area contributed by atoms with Gasteiger partial charge in [-0.2, -0.15) is 0 Å². The zero-order valence-electron chi connectivity index (χ0n) is 16.2. The van der Waals surface area contributed by atoms with E-state index in [2.05, 4.69) is 27.0 Å². The second-order valence-electron chi connectivity index (χ2n) is 5.65.